The van der Waals surface area contributed by atoms with E-state index in [0.717, 1.165) is 17.6 Å². The van der Waals surface area contributed by atoms with Gasteiger partial charge in [-0.25, -0.2) is 4.98 Å². The molecule has 2 N–H and O–H groups in total. The van der Waals surface area contributed by atoms with E-state index in [9.17, 15) is 5.11 Å². The Morgan fingerprint density at radius 3 is 3.04 bits per heavy atom. The first kappa shape index (κ1) is 15.1. The van der Waals surface area contributed by atoms with Crippen LogP contribution in [0, 0.1) is 5.92 Å². The van der Waals surface area contributed by atoms with Gasteiger partial charge in [-0.15, -0.1) is 0 Å². The molecule has 2 bridgehead atoms. The molecule has 1 aromatic carbocycles. The van der Waals surface area contributed by atoms with E-state index in [1.165, 1.54) is 0 Å². The molecule has 0 aliphatic carbocycles. The van der Waals surface area contributed by atoms with Crippen LogP contribution in [0.1, 0.15) is 19.9 Å². The summed E-state index contributed by atoms with van der Waals surface area (Å²) in [6, 6.07) is 7.47. The Morgan fingerprint density at radius 1 is 1.39 bits per heavy atom. The molecule has 3 heterocycles. The van der Waals surface area contributed by atoms with Crippen molar-refractivity contribution < 1.29 is 14.6 Å². The average molecular weight is 317 g/mol. The van der Waals surface area contributed by atoms with Gasteiger partial charge in [-0.1, -0.05) is 26.0 Å². The molecule has 0 saturated carbocycles. The number of hydrogen-bond donors (Lipinski definition) is 2. The second kappa shape index (κ2) is 5.87. The maximum atomic E-state index is 11.0. The minimum absolute atomic E-state index is 0.0974. The number of aliphatic hydroxyl groups is 1. The van der Waals surface area contributed by atoms with Crippen LogP contribution in [0.3, 0.4) is 0 Å². The summed E-state index contributed by atoms with van der Waals surface area (Å²) in [5, 5.41) is 14.4. The third-order valence-corrected chi connectivity index (χ3v) is 4.70. The van der Waals surface area contributed by atoms with Gasteiger partial charge in [-0.05, 0) is 24.6 Å². The Morgan fingerprint density at radius 2 is 2.22 bits per heavy atom. The smallest absolute Gasteiger partial charge is 0.181 e. The van der Waals surface area contributed by atoms with E-state index in [-0.39, 0.29) is 18.2 Å². The van der Waals surface area contributed by atoms with E-state index in [2.05, 4.69) is 24.1 Å². The van der Waals surface area contributed by atoms with Gasteiger partial charge in [0.05, 0.1) is 36.1 Å². The second-order valence-electron chi connectivity index (χ2n) is 6.83. The summed E-state index contributed by atoms with van der Waals surface area (Å²) in [7, 11) is 0. The van der Waals surface area contributed by atoms with Crippen molar-refractivity contribution in [3.63, 3.8) is 0 Å². The standard InChI is InChI=1S/C17H23N3O3/c1-10(2)7-18-14-13-8-22-17(23-13)15(16(14)21)20-9-19-11-5-3-4-6-12(11)20/h3-6,9-10,13-18,21H,7-8H2,1-2H3. The zero-order valence-corrected chi connectivity index (χ0v) is 13.4. The monoisotopic (exact) mass is 317 g/mol. The topological polar surface area (TPSA) is 68.5 Å². The number of aromatic nitrogens is 2. The van der Waals surface area contributed by atoms with E-state index < -0.39 is 12.4 Å². The van der Waals surface area contributed by atoms with Crippen molar-refractivity contribution in [2.24, 2.45) is 5.92 Å². The van der Waals surface area contributed by atoms with Crippen molar-refractivity contribution >= 4 is 11.0 Å². The van der Waals surface area contributed by atoms with Gasteiger partial charge in [0, 0.05) is 0 Å². The number of nitrogens with one attached hydrogen (secondary N) is 1. The van der Waals surface area contributed by atoms with Crippen molar-refractivity contribution in [2.75, 3.05) is 13.2 Å². The number of fused-ring (bicyclic) bond motifs is 3. The zero-order chi connectivity index (χ0) is 16.0. The van der Waals surface area contributed by atoms with Crippen molar-refractivity contribution in [1.82, 2.24) is 14.9 Å². The van der Waals surface area contributed by atoms with Gasteiger partial charge >= 0.3 is 0 Å². The summed E-state index contributed by atoms with van der Waals surface area (Å²) in [4.78, 5) is 4.43. The molecule has 124 valence electrons. The van der Waals surface area contributed by atoms with Crippen LogP contribution in [0.4, 0.5) is 0 Å². The highest BCUT2D eigenvalue weighted by Crippen LogP contribution is 2.37. The third kappa shape index (κ3) is 2.55. The first-order valence-corrected chi connectivity index (χ1v) is 8.25. The molecule has 1 aromatic heterocycles. The number of imidazole rings is 1. The molecule has 0 spiro atoms. The number of ether oxygens (including phenoxy) is 2. The number of benzene rings is 1. The van der Waals surface area contributed by atoms with Crippen LogP contribution in [-0.2, 0) is 9.47 Å². The zero-order valence-electron chi connectivity index (χ0n) is 13.4. The molecular formula is C17H23N3O3. The normalized spacial score (nSPS) is 33.7. The van der Waals surface area contributed by atoms with Crippen LogP contribution in [0.25, 0.3) is 11.0 Å². The Kier molecular flexibility index (Phi) is 3.85. The quantitative estimate of drug-likeness (QED) is 0.890. The molecule has 2 fully saturated rings. The van der Waals surface area contributed by atoms with Crippen LogP contribution >= 0.6 is 0 Å². The molecule has 2 aromatic rings. The molecule has 23 heavy (non-hydrogen) atoms. The SMILES string of the molecule is CC(C)CNC1C2COC(O2)C(n2cnc3ccccc32)C1O. The molecule has 0 radical (unpaired) electrons. The average Bonchev–Trinajstić information content (AvgIpc) is 3.14. The lowest BCUT2D eigenvalue weighted by molar-refractivity contribution is -0.164. The lowest BCUT2D eigenvalue weighted by Gasteiger charge is -2.39. The summed E-state index contributed by atoms with van der Waals surface area (Å²) < 4.78 is 13.8. The molecule has 2 aliphatic rings. The fraction of sp³-hybridized carbons (Fsp3) is 0.588. The maximum absolute atomic E-state index is 11.0. The molecule has 6 nitrogen and oxygen atoms in total. The van der Waals surface area contributed by atoms with Crippen LogP contribution in [0.5, 0.6) is 0 Å². The van der Waals surface area contributed by atoms with Crippen LogP contribution in [-0.4, -0.2) is 52.3 Å². The summed E-state index contributed by atoms with van der Waals surface area (Å²) in [5.41, 5.74) is 1.89. The minimum atomic E-state index is -0.586. The minimum Gasteiger partial charge on any atom is -0.389 e. The van der Waals surface area contributed by atoms with Gasteiger partial charge in [0.15, 0.2) is 6.29 Å². The number of rotatable bonds is 4. The van der Waals surface area contributed by atoms with Gasteiger partial charge in [-0.3, -0.25) is 0 Å². The first-order valence-electron chi connectivity index (χ1n) is 8.25. The molecule has 5 unspecified atom stereocenters. The molecule has 6 heteroatoms. The van der Waals surface area contributed by atoms with Crippen molar-refractivity contribution in [3.05, 3.63) is 30.6 Å². The second-order valence-corrected chi connectivity index (χ2v) is 6.83. The van der Waals surface area contributed by atoms with Gasteiger partial charge in [0.25, 0.3) is 0 Å². The first-order chi connectivity index (χ1) is 11.1. The Hall–Kier alpha value is -1.47. The maximum Gasteiger partial charge on any atom is 0.181 e. The Bertz CT molecular complexity index is 687. The molecular weight excluding hydrogens is 294 g/mol. The lowest BCUT2D eigenvalue weighted by atomic mass is 9.95. The summed E-state index contributed by atoms with van der Waals surface area (Å²) in [5.74, 6) is 0.509. The summed E-state index contributed by atoms with van der Waals surface area (Å²) in [6.45, 7) is 5.65. The van der Waals surface area contributed by atoms with Gasteiger partial charge in [0.2, 0.25) is 0 Å². The lowest BCUT2D eigenvalue weighted by Crippen LogP contribution is -2.58. The highest BCUT2D eigenvalue weighted by Gasteiger charge is 2.50. The van der Waals surface area contributed by atoms with E-state index in [1.807, 2.05) is 28.8 Å². The van der Waals surface area contributed by atoms with Crippen LogP contribution in [0.15, 0.2) is 30.6 Å². The highest BCUT2D eigenvalue weighted by molar-refractivity contribution is 5.75. The highest BCUT2D eigenvalue weighted by atomic mass is 16.7. The Balaban J connectivity index is 1.67. The molecule has 4 rings (SSSR count). The molecule has 5 atom stereocenters. The molecule has 0 amide bonds. The summed E-state index contributed by atoms with van der Waals surface area (Å²) in [6.07, 6.45) is 0.658. The largest absolute Gasteiger partial charge is 0.389 e. The summed E-state index contributed by atoms with van der Waals surface area (Å²) >= 11 is 0. The van der Waals surface area contributed by atoms with Gasteiger partial charge in [-0.2, -0.15) is 0 Å². The third-order valence-electron chi connectivity index (χ3n) is 4.70. The van der Waals surface area contributed by atoms with Gasteiger partial charge < -0.3 is 24.5 Å². The fourth-order valence-electron chi connectivity index (χ4n) is 3.54. The predicted molar refractivity (Wildman–Crippen MR) is 86.0 cm³/mol. The number of aliphatic hydroxyl groups excluding tert-OH is 1. The van der Waals surface area contributed by atoms with E-state index >= 15 is 0 Å². The van der Waals surface area contributed by atoms with Crippen LogP contribution < -0.4 is 5.32 Å². The van der Waals surface area contributed by atoms with E-state index in [0.29, 0.717) is 12.5 Å². The van der Waals surface area contributed by atoms with Crippen molar-refractivity contribution in [1.29, 1.82) is 0 Å². The van der Waals surface area contributed by atoms with Crippen LogP contribution in [0.2, 0.25) is 0 Å². The van der Waals surface area contributed by atoms with Crippen molar-refractivity contribution in [3.8, 4) is 0 Å². The van der Waals surface area contributed by atoms with Crippen molar-refractivity contribution in [2.45, 2.75) is 44.4 Å². The number of nitrogens with zero attached hydrogens (tertiary/aromatic N) is 2. The van der Waals surface area contributed by atoms with Gasteiger partial charge in [0.1, 0.15) is 12.1 Å². The van der Waals surface area contributed by atoms with E-state index in [4.69, 9.17) is 9.47 Å². The number of para-hydroxylation sites is 2. The molecule has 2 aliphatic heterocycles. The fourth-order valence-corrected chi connectivity index (χ4v) is 3.54. The Labute approximate surface area is 135 Å². The predicted octanol–water partition coefficient (Wildman–Crippen LogP) is 1.31. The van der Waals surface area contributed by atoms with E-state index in [1.54, 1.807) is 6.33 Å². The molecule has 2 saturated heterocycles. The number of hydrogen-bond acceptors (Lipinski definition) is 5.